The number of nitrogens with zero attached hydrogens (tertiary/aromatic N) is 4. The molecule has 0 bridgehead atoms. The van der Waals surface area contributed by atoms with Gasteiger partial charge in [0.1, 0.15) is 0 Å². The molecule has 0 unspecified atom stereocenters. The topological polar surface area (TPSA) is 51.0 Å². The fourth-order valence-corrected chi connectivity index (χ4v) is 4.33. The maximum Gasteiger partial charge on any atom is 0.451 e. The summed E-state index contributed by atoms with van der Waals surface area (Å²) in [7, 11) is 1.26. The SMILES string of the molecule is C[C@H](Sc1nnc(C(F)(F)F)n1C)C(=O)N1CCC(Cc2ccccc2)CC1. The van der Waals surface area contributed by atoms with Crippen molar-refractivity contribution in [2.45, 2.75) is 42.8 Å². The van der Waals surface area contributed by atoms with Crippen LogP contribution < -0.4 is 0 Å². The first-order valence-electron chi connectivity index (χ1n) is 9.21. The number of hydrogen-bond acceptors (Lipinski definition) is 4. The van der Waals surface area contributed by atoms with Gasteiger partial charge in [0.2, 0.25) is 11.7 Å². The molecule has 9 heteroatoms. The van der Waals surface area contributed by atoms with Crippen molar-refractivity contribution in [1.29, 1.82) is 0 Å². The average Bonchev–Trinajstić information content (AvgIpc) is 3.03. The Bertz CT molecular complexity index is 801. The summed E-state index contributed by atoms with van der Waals surface area (Å²) in [4.78, 5) is 14.5. The zero-order valence-corrected chi connectivity index (χ0v) is 16.6. The molecule has 28 heavy (non-hydrogen) atoms. The fourth-order valence-electron chi connectivity index (χ4n) is 3.43. The quantitative estimate of drug-likeness (QED) is 0.701. The molecule has 2 aromatic rings. The molecule has 1 amide bonds. The third-order valence-electron chi connectivity index (χ3n) is 5.01. The number of carbonyl (C=O) groups is 1. The van der Waals surface area contributed by atoms with E-state index in [1.54, 1.807) is 11.8 Å². The van der Waals surface area contributed by atoms with Gasteiger partial charge in [0.05, 0.1) is 5.25 Å². The molecule has 1 atom stereocenters. The summed E-state index contributed by atoms with van der Waals surface area (Å²) >= 11 is 1.01. The number of benzene rings is 1. The van der Waals surface area contributed by atoms with Crippen molar-refractivity contribution in [3.8, 4) is 0 Å². The summed E-state index contributed by atoms with van der Waals surface area (Å²) in [5.74, 6) is -0.585. The van der Waals surface area contributed by atoms with E-state index >= 15 is 0 Å². The Morgan fingerprint density at radius 2 is 1.86 bits per heavy atom. The molecule has 1 aromatic carbocycles. The van der Waals surface area contributed by atoms with Crippen molar-refractivity contribution in [2.75, 3.05) is 13.1 Å². The highest BCUT2D eigenvalue weighted by Gasteiger charge is 2.38. The van der Waals surface area contributed by atoms with Crippen LogP contribution in [0.5, 0.6) is 0 Å². The molecule has 0 aliphatic carbocycles. The molecule has 0 saturated carbocycles. The molecule has 2 heterocycles. The average molecular weight is 412 g/mol. The van der Waals surface area contributed by atoms with Gasteiger partial charge in [0.15, 0.2) is 5.16 Å². The summed E-state index contributed by atoms with van der Waals surface area (Å²) in [5, 5.41) is 6.37. The molecule has 0 spiro atoms. The minimum atomic E-state index is -4.56. The monoisotopic (exact) mass is 412 g/mol. The number of carbonyl (C=O) groups excluding carboxylic acids is 1. The van der Waals surface area contributed by atoms with Crippen LogP contribution >= 0.6 is 11.8 Å². The molecule has 1 saturated heterocycles. The van der Waals surface area contributed by atoms with Crippen molar-refractivity contribution in [1.82, 2.24) is 19.7 Å². The van der Waals surface area contributed by atoms with Gasteiger partial charge < -0.3 is 9.47 Å². The molecule has 1 aliphatic rings. The summed E-state index contributed by atoms with van der Waals surface area (Å²) in [6, 6.07) is 10.3. The van der Waals surface area contributed by atoms with E-state index < -0.39 is 17.3 Å². The van der Waals surface area contributed by atoms with E-state index in [1.807, 2.05) is 18.2 Å². The maximum absolute atomic E-state index is 12.8. The Hall–Kier alpha value is -2.03. The zero-order valence-electron chi connectivity index (χ0n) is 15.8. The van der Waals surface area contributed by atoms with Crippen LogP contribution in [0.4, 0.5) is 13.2 Å². The lowest BCUT2D eigenvalue weighted by Crippen LogP contribution is -2.42. The third kappa shape index (κ3) is 4.87. The summed E-state index contributed by atoms with van der Waals surface area (Å²) in [6.07, 6.45) is -1.69. The standard InChI is InChI=1S/C19H23F3N4OS/c1-13(28-18-24-23-17(25(18)2)19(20,21)22)16(27)26-10-8-15(9-11-26)12-14-6-4-3-5-7-14/h3-7,13,15H,8-12H2,1-2H3/t13-/m0/s1. The van der Waals surface area contributed by atoms with Crippen molar-refractivity contribution in [3.05, 3.63) is 41.7 Å². The Labute approximate surface area is 166 Å². The third-order valence-corrected chi connectivity index (χ3v) is 6.13. The lowest BCUT2D eigenvalue weighted by Gasteiger charge is -2.33. The number of halogens is 3. The smallest absolute Gasteiger partial charge is 0.342 e. The van der Waals surface area contributed by atoms with E-state index in [2.05, 4.69) is 22.3 Å². The molecule has 152 valence electrons. The van der Waals surface area contributed by atoms with Gasteiger partial charge in [-0.05, 0) is 37.7 Å². The summed E-state index contributed by atoms with van der Waals surface area (Å²) in [6.45, 7) is 3.05. The van der Waals surface area contributed by atoms with Gasteiger partial charge in [0.25, 0.3) is 0 Å². The molecule has 5 nitrogen and oxygen atoms in total. The molecule has 1 aliphatic heterocycles. The Balaban J connectivity index is 1.53. The number of likely N-dealkylation sites (tertiary alicyclic amines) is 1. The Morgan fingerprint density at radius 3 is 2.43 bits per heavy atom. The van der Waals surface area contributed by atoms with E-state index in [4.69, 9.17) is 0 Å². The number of rotatable bonds is 5. The summed E-state index contributed by atoms with van der Waals surface area (Å²) < 4.78 is 39.4. The highest BCUT2D eigenvalue weighted by Crippen LogP contribution is 2.31. The van der Waals surface area contributed by atoms with Crippen LogP contribution in [0.2, 0.25) is 0 Å². The molecule has 0 radical (unpaired) electrons. The van der Waals surface area contributed by atoms with Gasteiger partial charge in [-0.1, -0.05) is 42.1 Å². The summed E-state index contributed by atoms with van der Waals surface area (Å²) in [5.41, 5.74) is 1.30. The fraction of sp³-hybridized carbons (Fsp3) is 0.526. The van der Waals surface area contributed by atoms with E-state index in [1.165, 1.54) is 12.6 Å². The van der Waals surface area contributed by atoms with Crippen molar-refractivity contribution in [3.63, 3.8) is 0 Å². The molecule has 1 fully saturated rings. The largest absolute Gasteiger partial charge is 0.451 e. The van der Waals surface area contributed by atoms with Crippen LogP contribution in [0.15, 0.2) is 35.5 Å². The van der Waals surface area contributed by atoms with Crippen LogP contribution in [0, 0.1) is 5.92 Å². The number of thioether (sulfide) groups is 1. The predicted octanol–water partition coefficient (Wildman–Crippen LogP) is 3.80. The first-order valence-corrected chi connectivity index (χ1v) is 10.1. The molecule has 3 rings (SSSR count). The van der Waals surface area contributed by atoms with Crippen LogP contribution in [-0.2, 0) is 24.4 Å². The van der Waals surface area contributed by atoms with Crippen molar-refractivity contribution < 1.29 is 18.0 Å². The first-order chi connectivity index (χ1) is 13.3. The molecule has 0 N–H and O–H groups in total. The number of hydrogen-bond donors (Lipinski definition) is 0. The number of alkyl halides is 3. The second-order valence-electron chi connectivity index (χ2n) is 7.08. The second kappa shape index (κ2) is 8.55. The van der Waals surface area contributed by atoms with E-state index in [0.717, 1.165) is 35.6 Å². The predicted molar refractivity (Wildman–Crippen MR) is 101 cm³/mol. The van der Waals surface area contributed by atoms with E-state index in [0.29, 0.717) is 19.0 Å². The zero-order chi connectivity index (χ0) is 20.3. The van der Waals surface area contributed by atoms with Gasteiger partial charge in [-0.2, -0.15) is 13.2 Å². The minimum Gasteiger partial charge on any atom is -0.342 e. The van der Waals surface area contributed by atoms with Crippen LogP contribution in [-0.4, -0.2) is 43.9 Å². The highest BCUT2D eigenvalue weighted by molar-refractivity contribution is 8.00. The van der Waals surface area contributed by atoms with E-state index in [9.17, 15) is 18.0 Å². The van der Waals surface area contributed by atoms with Gasteiger partial charge in [-0.15, -0.1) is 10.2 Å². The molecular weight excluding hydrogens is 389 g/mol. The van der Waals surface area contributed by atoms with E-state index in [-0.39, 0.29) is 11.1 Å². The Kier molecular flexibility index (Phi) is 6.32. The normalized spacial score (nSPS) is 17.0. The molecular formula is C19H23F3N4OS. The minimum absolute atomic E-state index is 0.0697. The lowest BCUT2D eigenvalue weighted by molar-refractivity contribution is -0.147. The van der Waals surface area contributed by atoms with Gasteiger partial charge in [0, 0.05) is 20.1 Å². The van der Waals surface area contributed by atoms with Crippen molar-refractivity contribution in [2.24, 2.45) is 13.0 Å². The van der Waals surface area contributed by atoms with Gasteiger partial charge in [-0.25, -0.2) is 0 Å². The van der Waals surface area contributed by atoms with Crippen LogP contribution in [0.1, 0.15) is 31.2 Å². The number of amides is 1. The van der Waals surface area contributed by atoms with Crippen LogP contribution in [0.25, 0.3) is 0 Å². The van der Waals surface area contributed by atoms with Gasteiger partial charge in [-0.3, -0.25) is 4.79 Å². The maximum atomic E-state index is 12.8. The molecule has 1 aromatic heterocycles. The Morgan fingerprint density at radius 1 is 1.21 bits per heavy atom. The first kappa shape index (κ1) is 20.7. The number of aromatic nitrogens is 3. The van der Waals surface area contributed by atoms with Crippen LogP contribution in [0.3, 0.4) is 0 Å². The van der Waals surface area contributed by atoms with Gasteiger partial charge >= 0.3 is 6.18 Å². The lowest BCUT2D eigenvalue weighted by atomic mass is 9.90. The number of piperidine rings is 1. The highest BCUT2D eigenvalue weighted by atomic mass is 32.2. The second-order valence-corrected chi connectivity index (χ2v) is 8.39. The van der Waals surface area contributed by atoms with Crippen molar-refractivity contribution >= 4 is 17.7 Å².